The van der Waals surface area contributed by atoms with Gasteiger partial charge in [-0.2, -0.15) is 4.98 Å². The summed E-state index contributed by atoms with van der Waals surface area (Å²) in [5, 5.41) is 14.8. The number of nitrogens with one attached hydrogen (secondary N) is 2. The summed E-state index contributed by atoms with van der Waals surface area (Å²) in [6.07, 6.45) is 1.66. The summed E-state index contributed by atoms with van der Waals surface area (Å²) in [6, 6.07) is -0.0362. The number of rotatable bonds is 4. The van der Waals surface area contributed by atoms with Crippen LogP contribution in [-0.4, -0.2) is 34.8 Å². The Labute approximate surface area is 91.1 Å². The number of aromatic nitrogens is 2. The largest absolute Gasteiger partial charge is 0.394 e. The lowest BCUT2D eigenvalue weighted by Crippen LogP contribution is -2.20. The second-order valence-electron chi connectivity index (χ2n) is 2.87. The number of halogens is 1. The Morgan fingerprint density at radius 3 is 2.93 bits per heavy atom. The second kappa shape index (κ2) is 5.11. The summed E-state index contributed by atoms with van der Waals surface area (Å²) >= 11 is 3.32. The maximum Gasteiger partial charge on any atom is 0.224 e. The van der Waals surface area contributed by atoms with E-state index in [1.54, 1.807) is 13.2 Å². The highest BCUT2D eigenvalue weighted by Crippen LogP contribution is 2.20. The van der Waals surface area contributed by atoms with E-state index in [0.717, 1.165) is 4.47 Å². The average Bonchev–Trinajstić information content (AvgIpc) is 2.21. The zero-order chi connectivity index (χ0) is 10.6. The summed E-state index contributed by atoms with van der Waals surface area (Å²) in [4.78, 5) is 8.21. The number of aliphatic hydroxyl groups is 1. The summed E-state index contributed by atoms with van der Waals surface area (Å²) in [7, 11) is 1.75. The van der Waals surface area contributed by atoms with Crippen molar-refractivity contribution in [1.29, 1.82) is 0 Å². The minimum atomic E-state index is -0.0362. The van der Waals surface area contributed by atoms with Gasteiger partial charge in [0.1, 0.15) is 5.82 Å². The summed E-state index contributed by atoms with van der Waals surface area (Å²) < 4.78 is 0.775. The van der Waals surface area contributed by atoms with Crippen molar-refractivity contribution in [1.82, 2.24) is 9.97 Å². The van der Waals surface area contributed by atoms with E-state index in [-0.39, 0.29) is 12.6 Å². The molecule has 0 spiro atoms. The predicted octanol–water partition coefficient (Wildman–Crippen LogP) is 1.07. The van der Waals surface area contributed by atoms with Gasteiger partial charge in [-0.15, -0.1) is 0 Å². The molecule has 1 aromatic heterocycles. The van der Waals surface area contributed by atoms with Crippen LogP contribution in [0.3, 0.4) is 0 Å². The van der Waals surface area contributed by atoms with Crippen molar-refractivity contribution < 1.29 is 5.11 Å². The number of nitrogens with zero attached hydrogens (tertiary/aromatic N) is 2. The van der Waals surface area contributed by atoms with Crippen LogP contribution in [0, 0.1) is 0 Å². The van der Waals surface area contributed by atoms with E-state index >= 15 is 0 Å². The monoisotopic (exact) mass is 260 g/mol. The molecule has 6 heteroatoms. The highest BCUT2D eigenvalue weighted by molar-refractivity contribution is 9.10. The molecule has 78 valence electrons. The van der Waals surface area contributed by atoms with E-state index < -0.39 is 0 Å². The molecule has 0 bridgehead atoms. The van der Waals surface area contributed by atoms with Crippen LogP contribution in [0.4, 0.5) is 11.8 Å². The zero-order valence-electron chi connectivity index (χ0n) is 8.08. The lowest BCUT2D eigenvalue weighted by atomic mass is 10.3. The molecule has 0 saturated heterocycles. The number of anilines is 2. The minimum absolute atomic E-state index is 0.0362. The van der Waals surface area contributed by atoms with Crippen LogP contribution >= 0.6 is 15.9 Å². The van der Waals surface area contributed by atoms with Gasteiger partial charge in [-0.05, 0) is 22.9 Å². The van der Waals surface area contributed by atoms with Gasteiger partial charge in [0, 0.05) is 19.3 Å². The quantitative estimate of drug-likeness (QED) is 0.756. The van der Waals surface area contributed by atoms with Gasteiger partial charge in [-0.25, -0.2) is 4.98 Å². The molecule has 0 aliphatic carbocycles. The van der Waals surface area contributed by atoms with Gasteiger partial charge in [0.15, 0.2) is 0 Å². The lowest BCUT2D eigenvalue weighted by Gasteiger charge is -2.13. The van der Waals surface area contributed by atoms with Crippen LogP contribution in [-0.2, 0) is 0 Å². The topological polar surface area (TPSA) is 70.1 Å². The van der Waals surface area contributed by atoms with Crippen molar-refractivity contribution in [2.24, 2.45) is 0 Å². The van der Waals surface area contributed by atoms with Gasteiger partial charge < -0.3 is 15.7 Å². The molecule has 1 unspecified atom stereocenters. The van der Waals surface area contributed by atoms with Crippen molar-refractivity contribution in [2.45, 2.75) is 13.0 Å². The van der Waals surface area contributed by atoms with Crippen LogP contribution in [0.5, 0.6) is 0 Å². The maximum atomic E-state index is 8.88. The van der Waals surface area contributed by atoms with Gasteiger partial charge in [0.05, 0.1) is 11.1 Å². The van der Waals surface area contributed by atoms with Gasteiger partial charge in [-0.1, -0.05) is 0 Å². The fourth-order valence-electron chi connectivity index (χ4n) is 0.868. The Morgan fingerprint density at radius 1 is 1.64 bits per heavy atom. The first-order chi connectivity index (χ1) is 6.67. The standard InChI is InChI=1S/C8H13BrN4O/c1-5(4-14)12-7-6(9)3-11-8(10-2)13-7/h3,5,14H,4H2,1-2H3,(H2,10,11,12,13). The van der Waals surface area contributed by atoms with Crippen molar-refractivity contribution in [3.05, 3.63) is 10.7 Å². The smallest absolute Gasteiger partial charge is 0.224 e. The molecule has 0 radical (unpaired) electrons. The van der Waals surface area contributed by atoms with Gasteiger partial charge in [0.2, 0.25) is 5.95 Å². The van der Waals surface area contributed by atoms with Crippen molar-refractivity contribution in [2.75, 3.05) is 24.3 Å². The first-order valence-corrected chi connectivity index (χ1v) is 5.04. The molecule has 0 amide bonds. The third-order valence-electron chi connectivity index (χ3n) is 1.62. The zero-order valence-corrected chi connectivity index (χ0v) is 9.67. The van der Waals surface area contributed by atoms with E-state index in [4.69, 9.17) is 5.11 Å². The van der Waals surface area contributed by atoms with Crippen molar-refractivity contribution in [3.63, 3.8) is 0 Å². The SMILES string of the molecule is CNc1ncc(Br)c(NC(C)CO)n1. The molecule has 14 heavy (non-hydrogen) atoms. The Kier molecular flexibility index (Phi) is 4.09. The predicted molar refractivity (Wildman–Crippen MR) is 59.4 cm³/mol. The fourth-order valence-corrected chi connectivity index (χ4v) is 1.17. The Hall–Kier alpha value is -0.880. The Balaban J connectivity index is 2.83. The minimum Gasteiger partial charge on any atom is -0.394 e. The van der Waals surface area contributed by atoms with Gasteiger partial charge in [0.25, 0.3) is 0 Å². The Morgan fingerprint density at radius 2 is 2.36 bits per heavy atom. The molecule has 0 saturated carbocycles. The molecule has 1 aromatic rings. The molecule has 0 aliphatic heterocycles. The van der Waals surface area contributed by atoms with Crippen LogP contribution in [0.25, 0.3) is 0 Å². The first-order valence-electron chi connectivity index (χ1n) is 4.25. The molecular formula is C8H13BrN4O. The summed E-state index contributed by atoms with van der Waals surface area (Å²) in [5.41, 5.74) is 0. The van der Waals surface area contributed by atoms with Crippen LogP contribution in [0.1, 0.15) is 6.92 Å². The highest BCUT2D eigenvalue weighted by atomic mass is 79.9. The van der Waals surface area contributed by atoms with Crippen LogP contribution < -0.4 is 10.6 Å². The molecule has 1 heterocycles. The lowest BCUT2D eigenvalue weighted by molar-refractivity contribution is 0.281. The van der Waals surface area contributed by atoms with Crippen LogP contribution in [0.2, 0.25) is 0 Å². The molecule has 1 atom stereocenters. The second-order valence-corrected chi connectivity index (χ2v) is 3.72. The van der Waals surface area contributed by atoms with Gasteiger partial charge >= 0.3 is 0 Å². The molecular weight excluding hydrogens is 248 g/mol. The number of aliphatic hydroxyl groups excluding tert-OH is 1. The fraction of sp³-hybridized carbons (Fsp3) is 0.500. The van der Waals surface area contributed by atoms with Crippen molar-refractivity contribution in [3.8, 4) is 0 Å². The van der Waals surface area contributed by atoms with Crippen LogP contribution in [0.15, 0.2) is 10.7 Å². The van der Waals surface area contributed by atoms with Crippen molar-refractivity contribution >= 4 is 27.7 Å². The average molecular weight is 261 g/mol. The summed E-state index contributed by atoms with van der Waals surface area (Å²) in [5.74, 6) is 1.21. The third-order valence-corrected chi connectivity index (χ3v) is 2.21. The molecule has 0 aromatic carbocycles. The summed E-state index contributed by atoms with van der Waals surface area (Å²) in [6.45, 7) is 1.93. The third kappa shape index (κ3) is 2.81. The van der Waals surface area contributed by atoms with E-state index in [1.807, 2.05) is 6.92 Å². The number of hydrogen-bond donors (Lipinski definition) is 3. The van der Waals surface area contributed by atoms with E-state index in [1.165, 1.54) is 0 Å². The maximum absolute atomic E-state index is 8.88. The van der Waals surface area contributed by atoms with E-state index in [0.29, 0.717) is 11.8 Å². The first kappa shape index (κ1) is 11.2. The molecule has 0 aliphatic rings. The molecule has 3 N–H and O–H groups in total. The molecule has 0 fully saturated rings. The van der Waals surface area contributed by atoms with Gasteiger partial charge in [-0.3, -0.25) is 0 Å². The van der Waals surface area contributed by atoms with E-state index in [2.05, 4.69) is 36.5 Å². The molecule has 5 nitrogen and oxygen atoms in total. The normalized spacial score (nSPS) is 12.3. The Bertz CT molecular complexity index is 307. The molecule has 1 rings (SSSR count). The van der Waals surface area contributed by atoms with E-state index in [9.17, 15) is 0 Å². The number of hydrogen-bond acceptors (Lipinski definition) is 5. The highest BCUT2D eigenvalue weighted by Gasteiger charge is 2.06.